The van der Waals surface area contributed by atoms with E-state index in [1.807, 2.05) is 72.8 Å². The minimum absolute atomic E-state index is 0.179. The maximum atomic E-state index is 8.99. The molecule has 61 heavy (non-hydrogen) atoms. The van der Waals surface area contributed by atoms with Gasteiger partial charge in [0.2, 0.25) is 0 Å². The highest BCUT2D eigenvalue weighted by atomic mass is 15.4. The average molecular weight is 783 g/mol. The Kier molecular flexibility index (Phi) is 8.86. The molecule has 11 rings (SSSR count). The van der Waals surface area contributed by atoms with E-state index < -0.39 is 0 Å². The number of nitrogens with zero attached hydrogens (tertiary/aromatic N) is 4. The summed E-state index contributed by atoms with van der Waals surface area (Å²) >= 11 is 0. The number of hydrogen-bond donors (Lipinski definition) is 2. The number of nitrogens with one attached hydrogen (secondary N) is 2. The minimum Gasteiger partial charge on any atom is -0.309 e. The van der Waals surface area contributed by atoms with Crippen LogP contribution in [-0.2, 0) is 0 Å². The van der Waals surface area contributed by atoms with Crippen molar-refractivity contribution < 1.29 is 0 Å². The van der Waals surface area contributed by atoms with Gasteiger partial charge < -0.3 is 4.57 Å². The summed E-state index contributed by atoms with van der Waals surface area (Å²) in [7, 11) is 0. The van der Waals surface area contributed by atoms with Crippen LogP contribution in [0.15, 0.2) is 223 Å². The zero-order valence-electron chi connectivity index (χ0n) is 33.1. The van der Waals surface area contributed by atoms with Crippen molar-refractivity contribution in [3.8, 4) is 39.3 Å². The van der Waals surface area contributed by atoms with Crippen molar-refractivity contribution in [2.24, 2.45) is 4.99 Å². The third kappa shape index (κ3) is 6.35. The van der Waals surface area contributed by atoms with Crippen LogP contribution in [-0.4, -0.2) is 25.9 Å². The molecule has 0 bridgehead atoms. The Labute approximate surface area is 352 Å². The summed E-state index contributed by atoms with van der Waals surface area (Å²) in [6.07, 6.45) is 0. The zero-order valence-corrected chi connectivity index (χ0v) is 33.1. The van der Waals surface area contributed by atoms with Crippen molar-refractivity contribution in [3.63, 3.8) is 0 Å². The van der Waals surface area contributed by atoms with E-state index in [1.54, 1.807) is 0 Å². The molecular formula is C55H38N6. The van der Waals surface area contributed by atoms with Gasteiger partial charge >= 0.3 is 0 Å². The first-order chi connectivity index (χ1) is 30.2. The number of hydrogen-bond acceptors (Lipinski definition) is 2. The molecule has 288 valence electrons. The molecule has 6 heteroatoms. The summed E-state index contributed by atoms with van der Waals surface area (Å²) in [5.74, 6) is 0.758. The number of aliphatic imine (C=N–C) groups is 1. The fourth-order valence-corrected chi connectivity index (χ4v) is 8.64. The van der Waals surface area contributed by atoms with Gasteiger partial charge in [0, 0.05) is 49.4 Å². The second-order valence-electron chi connectivity index (χ2n) is 15.1. The molecule has 0 radical (unpaired) electrons. The molecule has 0 aliphatic heterocycles. The number of aromatic nitrogens is 3. The first-order valence-electron chi connectivity index (χ1n) is 20.4. The van der Waals surface area contributed by atoms with Crippen LogP contribution in [0.25, 0.3) is 82.9 Å². The standard InChI is InChI=1S/C55H38N6/c56-54(39-23-9-3-10-24-39)58-55(40-25-11-4-12-26-40)59-61-49-32-18-15-29-44(49)53-51(61)34-33-50-52(53)43-28-14-17-31-48(43)60(50)47-30-16-13-27-42(47)41-35-45(37-19-5-1-6-20-37)57-46(36-41)38-21-7-2-8-22-38/h1-36H,(H2,56,58,59). The maximum Gasteiger partial charge on any atom is 0.154 e. The molecule has 3 heterocycles. The van der Waals surface area contributed by atoms with Crippen LogP contribution in [0.2, 0.25) is 0 Å². The van der Waals surface area contributed by atoms with Crippen LogP contribution in [0.3, 0.4) is 0 Å². The number of fused-ring (bicyclic) bond motifs is 7. The highest BCUT2D eigenvalue weighted by molar-refractivity contribution is 6.29. The fourth-order valence-electron chi connectivity index (χ4n) is 8.64. The Morgan fingerprint density at radius 1 is 0.443 bits per heavy atom. The van der Waals surface area contributed by atoms with Gasteiger partial charge in [-0.15, -0.1) is 0 Å². The minimum atomic E-state index is 0.179. The van der Waals surface area contributed by atoms with Crippen molar-refractivity contribution in [3.05, 3.63) is 230 Å². The van der Waals surface area contributed by atoms with E-state index in [-0.39, 0.29) is 5.84 Å². The van der Waals surface area contributed by atoms with Gasteiger partial charge in [-0.05, 0) is 48.0 Å². The number of pyridine rings is 1. The predicted molar refractivity (Wildman–Crippen MR) is 253 cm³/mol. The highest BCUT2D eigenvalue weighted by Crippen LogP contribution is 2.43. The first kappa shape index (κ1) is 35.8. The Morgan fingerprint density at radius 2 is 0.934 bits per heavy atom. The lowest BCUT2D eigenvalue weighted by atomic mass is 9.98. The van der Waals surface area contributed by atoms with E-state index in [4.69, 9.17) is 15.4 Å². The van der Waals surface area contributed by atoms with Crippen molar-refractivity contribution in [2.75, 3.05) is 5.43 Å². The lowest BCUT2D eigenvalue weighted by Crippen LogP contribution is -2.25. The van der Waals surface area contributed by atoms with E-state index >= 15 is 0 Å². The summed E-state index contributed by atoms with van der Waals surface area (Å²) in [6, 6.07) is 75.4. The van der Waals surface area contributed by atoms with Gasteiger partial charge in [-0.2, -0.15) is 0 Å². The van der Waals surface area contributed by atoms with Gasteiger partial charge in [-0.1, -0.05) is 176 Å². The largest absolute Gasteiger partial charge is 0.309 e. The molecule has 0 amide bonds. The number of amidine groups is 2. The van der Waals surface area contributed by atoms with Crippen molar-refractivity contribution in [2.45, 2.75) is 0 Å². The first-order valence-corrected chi connectivity index (χ1v) is 20.4. The normalized spacial score (nSPS) is 11.8. The van der Waals surface area contributed by atoms with E-state index in [9.17, 15) is 0 Å². The van der Waals surface area contributed by atoms with Crippen LogP contribution in [0.1, 0.15) is 11.1 Å². The summed E-state index contributed by atoms with van der Waals surface area (Å²) in [6.45, 7) is 0. The molecule has 3 aromatic heterocycles. The van der Waals surface area contributed by atoms with Crippen LogP contribution in [0, 0.1) is 5.41 Å². The third-order valence-corrected chi connectivity index (χ3v) is 11.4. The number of benzene rings is 8. The van der Waals surface area contributed by atoms with Crippen LogP contribution >= 0.6 is 0 Å². The Bertz CT molecular complexity index is 3380. The molecule has 0 unspecified atom stereocenters. The zero-order chi connectivity index (χ0) is 40.7. The maximum absolute atomic E-state index is 8.99. The van der Waals surface area contributed by atoms with Gasteiger partial charge in [-0.25, -0.2) is 9.98 Å². The van der Waals surface area contributed by atoms with Gasteiger partial charge in [0.1, 0.15) is 0 Å². The summed E-state index contributed by atoms with van der Waals surface area (Å²) < 4.78 is 4.54. The quantitative estimate of drug-likeness (QED) is 0.125. The summed E-state index contributed by atoms with van der Waals surface area (Å²) in [5.41, 5.74) is 16.8. The van der Waals surface area contributed by atoms with Gasteiger partial charge in [0.05, 0.1) is 39.1 Å². The second-order valence-corrected chi connectivity index (χ2v) is 15.1. The lowest BCUT2D eigenvalue weighted by molar-refractivity contribution is 1.08. The Morgan fingerprint density at radius 3 is 1.59 bits per heavy atom. The predicted octanol–water partition coefficient (Wildman–Crippen LogP) is 13.3. The van der Waals surface area contributed by atoms with E-state index in [2.05, 4.69) is 160 Å². The van der Waals surface area contributed by atoms with Crippen molar-refractivity contribution >= 4 is 55.3 Å². The molecular weight excluding hydrogens is 745 g/mol. The molecule has 11 aromatic rings. The molecule has 0 aliphatic rings. The van der Waals surface area contributed by atoms with Crippen molar-refractivity contribution in [1.82, 2.24) is 14.2 Å². The monoisotopic (exact) mass is 782 g/mol. The second kappa shape index (κ2) is 15.1. The molecule has 0 spiro atoms. The van der Waals surface area contributed by atoms with Gasteiger partial charge in [0.15, 0.2) is 11.7 Å². The van der Waals surface area contributed by atoms with Crippen LogP contribution in [0.4, 0.5) is 0 Å². The van der Waals surface area contributed by atoms with E-state index in [0.717, 1.165) is 88.7 Å². The topological polar surface area (TPSA) is 71.0 Å². The van der Waals surface area contributed by atoms with E-state index in [1.165, 1.54) is 5.39 Å². The molecule has 0 fully saturated rings. The smallest absolute Gasteiger partial charge is 0.154 e. The van der Waals surface area contributed by atoms with Crippen molar-refractivity contribution in [1.29, 1.82) is 5.41 Å². The Balaban J connectivity index is 1.14. The fraction of sp³-hybridized carbons (Fsp3) is 0. The Hall–Kier alpha value is -8.35. The molecule has 2 N–H and O–H groups in total. The van der Waals surface area contributed by atoms with E-state index in [0.29, 0.717) is 5.84 Å². The van der Waals surface area contributed by atoms with Gasteiger partial charge in [0.25, 0.3) is 0 Å². The summed E-state index contributed by atoms with van der Waals surface area (Å²) in [4.78, 5) is 10.1. The average Bonchev–Trinajstić information content (AvgIpc) is 3.84. The third-order valence-electron chi connectivity index (χ3n) is 11.4. The molecule has 0 aliphatic carbocycles. The number of para-hydroxylation sites is 3. The SMILES string of the molecule is N=C(/N=C(\Nn1c2ccccc2c2c3c4ccccc4n(-c4ccccc4-c4cc(-c5ccccc5)nc(-c5ccccc5)c4)c3ccc21)c1ccccc1)c1ccccc1. The van der Waals surface area contributed by atoms with Crippen LogP contribution in [0.5, 0.6) is 0 Å². The van der Waals surface area contributed by atoms with Crippen LogP contribution < -0.4 is 5.43 Å². The lowest BCUT2D eigenvalue weighted by Gasteiger charge is -2.16. The highest BCUT2D eigenvalue weighted by Gasteiger charge is 2.22. The molecule has 0 saturated carbocycles. The summed E-state index contributed by atoms with van der Waals surface area (Å²) in [5, 5.41) is 13.6. The van der Waals surface area contributed by atoms with Gasteiger partial charge in [-0.3, -0.25) is 15.5 Å². The molecule has 6 nitrogen and oxygen atoms in total. The number of rotatable bonds is 7. The molecule has 8 aromatic carbocycles. The molecule has 0 saturated heterocycles. The molecule has 0 atom stereocenters.